The van der Waals surface area contributed by atoms with Crippen molar-refractivity contribution < 1.29 is 0 Å². The summed E-state index contributed by atoms with van der Waals surface area (Å²) in [5.74, 6) is 1.92. The third kappa shape index (κ3) is 3.76. The van der Waals surface area contributed by atoms with Gasteiger partial charge in [0.25, 0.3) is 0 Å². The third-order valence-electron chi connectivity index (χ3n) is 10.2. The smallest absolute Gasteiger partial charge is 0.238 e. The molecule has 0 radical (unpaired) electrons. The quantitative estimate of drug-likeness (QED) is 0.198. The number of nitrogens with zero attached hydrogens (tertiary/aromatic N) is 5. The number of aromatic nitrogens is 4. The normalized spacial score (nSPS) is 14.1. The van der Waals surface area contributed by atoms with Crippen molar-refractivity contribution in [2.75, 3.05) is 4.90 Å². The molecule has 0 atom stereocenters. The van der Waals surface area contributed by atoms with Gasteiger partial charge in [-0.2, -0.15) is 9.97 Å². The van der Waals surface area contributed by atoms with Gasteiger partial charge < -0.3 is 4.90 Å². The zero-order valence-corrected chi connectivity index (χ0v) is 26.7. The molecule has 0 spiro atoms. The predicted octanol–water partition coefficient (Wildman–Crippen LogP) is 10.3. The average molecular weight is 618 g/mol. The predicted molar refractivity (Wildman–Crippen MR) is 195 cm³/mol. The maximum atomic E-state index is 5.23. The van der Waals surface area contributed by atoms with E-state index in [0.717, 1.165) is 28.6 Å². The van der Waals surface area contributed by atoms with Gasteiger partial charge in [0.15, 0.2) is 11.6 Å². The first kappa shape index (κ1) is 27.1. The van der Waals surface area contributed by atoms with Gasteiger partial charge in [0, 0.05) is 45.0 Å². The molecule has 5 heteroatoms. The Morgan fingerprint density at radius 3 is 1.90 bits per heavy atom. The number of benzene rings is 6. The van der Waals surface area contributed by atoms with Gasteiger partial charge in [0.05, 0.1) is 22.4 Å². The molecule has 8 aromatic rings. The molecule has 2 aromatic heterocycles. The van der Waals surface area contributed by atoms with E-state index in [1.165, 1.54) is 50.1 Å². The summed E-state index contributed by atoms with van der Waals surface area (Å²) in [6, 6.07) is 49.3. The van der Waals surface area contributed by atoms with Crippen molar-refractivity contribution in [3.8, 4) is 28.7 Å². The fourth-order valence-electron chi connectivity index (χ4n) is 7.98. The largest absolute Gasteiger partial charge is 0.309 e. The molecule has 0 saturated heterocycles. The molecule has 0 bridgehead atoms. The first-order valence-corrected chi connectivity index (χ1v) is 16.5. The molecule has 0 aliphatic carbocycles. The Labute approximate surface area is 278 Å². The van der Waals surface area contributed by atoms with Gasteiger partial charge in [-0.3, -0.25) is 4.57 Å². The van der Waals surface area contributed by atoms with Crippen LogP contribution in [-0.2, 0) is 11.8 Å². The summed E-state index contributed by atoms with van der Waals surface area (Å²) in [5, 5.41) is 2.41. The molecular weight excluding hydrogens is 587 g/mol. The van der Waals surface area contributed by atoms with Crippen molar-refractivity contribution in [3.63, 3.8) is 0 Å². The van der Waals surface area contributed by atoms with E-state index in [9.17, 15) is 0 Å². The van der Waals surface area contributed by atoms with Crippen LogP contribution in [-0.4, -0.2) is 19.5 Å². The van der Waals surface area contributed by atoms with Crippen LogP contribution in [0.3, 0.4) is 0 Å². The van der Waals surface area contributed by atoms with Crippen LogP contribution >= 0.6 is 0 Å². The van der Waals surface area contributed by atoms with Crippen molar-refractivity contribution in [2.24, 2.45) is 0 Å². The Morgan fingerprint density at radius 1 is 0.562 bits per heavy atom. The van der Waals surface area contributed by atoms with Gasteiger partial charge in [-0.1, -0.05) is 129 Å². The number of rotatable bonds is 3. The summed E-state index contributed by atoms with van der Waals surface area (Å²) in [6.45, 7) is 4.74. The zero-order valence-electron chi connectivity index (χ0n) is 26.7. The Hall–Kier alpha value is -6.07. The first-order valence-electron chi connectivity index (χ1n) is 16.5. The lowest BCUT2D eigenvalue weighted by Crippen LogP contribution is -2.33. The molecule has 6 aromatic carbocycles. The lowest BCUT2D eigenvalue weighted by Gasteiger charge is -2.45. The van der Waals surface area contributed by atoms with Crippen LogP contribution < -0.4 is 4.90 Å². The van der Waals surface area contributed by atoms with E-state index >= 15 is 0 Å². The molecule has 2 aliphatic rings. The average Bonchev–Trinajstić information content (AvgIpc) is 3.48. The summed E-state index contributed by atoms with van der Waals surface area (Å²) in [7, 11) is 0. The number of anilines is 3. The van der Waals surface area contributed by atoms with Crippen LogP contribution in [0.2, 0.25) is 0 Å². The Balaban J connectivity index is 1.35. The number of fused-ring (bicyclic) bond motifs is 8. The minimum Gasteiger partial charge on any atom is -0.309 e. The summed E-state index contributed by atoms with van der Waals surface area (Å²) in [6.07, 6.45) is 0.809. The highest BCUT2D eigenvalue weighted by Crippen LogP contribution is 2.58. The highest BCUT2D eigenvalue weighted by molar-refractivity contribution is 6.13. The second-order valence-corrected chi connectivity index (χ2v) is 13.3. The van der Waals surface area contributed by atoms with E-state index in [1.54, 1.807) is 0 Å². The topological polar surface area (TPSA) is 46.8 Å². The molecule has 0 fully saturated rings. The minimum absolute atomic E-state index is 0.199. The standard InChI is InChI=1S/C43H31N5/c1-43(2)33-21-11-14-24-37(33)47-35-22-12-9-19-29(35)25-32-38-31(26-34(43)39(32)47)30-20-10-13-23-36(30)48(38)42-45-40(27-15-5-3-6-16-27)44-41(46-42)28-17-7-4-8-18-28/h3-24,26H,25H2,1-2H3. The van der Waals surface area contributed by atoms with Crippen LogP contribution in [0.25, 0.3) is 50.5 Å². The molecular formula is C43H31N5. The van der Waals surface area contributed by atoms with E-state index in [4.69, 9.17) is 15.0 Å². The van der Waals surface area contributed by atoms with E-state index in [-0.39, 0.29) is 5.41 Å². The summed E-state index contributed by atoms with van der Waals surface area (Å²) in [4.78, 5) is 18.0. The lowest BCUT2D eigenvalue weighted by atomic mass is 9.71. The van der Waals surface area contributed by atoms with Crippen molar-refractivity contribution in [3.05, 3.63) is 162 Å². The number of hydrogen-bond acceptors (Lipinski definition) is 4. The highest BCUT2D eigenvalue weighted by atomic mass is 15.2. The summed E-state index contributed by atoms with van der Waals surface area (Å²) < 4.78 is 2.29. The summed E-state index contributed by atoms with van der Waals surface area (Å²) >= 11 is 0. The Bertz CT molecular complexity index is 2510. The second-order valence-electron chi connectivity index (χ2n) is 13.3. The second kappa shape index (κ2) is 9.96. The minimum atomic E-state index is -0.199. The van der Waals surface area contributed by atoms with Gasteiger partial charge in [0.1, 0.15) is 0 Å². The number of hydrogen-bond donors (Lipinski definition) is 0. The molecule has 5 nitrogen and oxygen atoms in total. The van der Waals surface area contributed by atoms with Crippen molar-refractivity contribution in [1.29, 1.82) is 0 Å². The van der Waals surface area contributed by atoms with E-state index in [2.05, 4.69) is 126 Å². The summed E-state index contributed by atoms with van der Waals surface area (Å²) in [5.41, 5.74) is 13.0. The first-order chi connectivity index (χ1) is 23.6. The maximum Gasteiger partial charge on any atom is 0.238 e. The highest BCUT2D eigenvalue weighted by Gasteiger charge is 2.42. The molecule has 4 heterocycles. The number of para-hydroxylation sites is 3. The molecule has 10 rings (SSSR count). The molecule has 48 heavy (non-hydrogen) atoms. The molecule has 0 saturated carbocycles. The van der Waals surface area contributed by atoms with Crippen LogP contribution in [0, 0.1) is 0 Å². The SMILES string of the molecule is CC1(C)c2ccccc2N2c3ccccc3Cc3c2c1cc1c2ccccc2n(-c2nc(-c4ccccc4)nc(-c4ccccc4)n2)c31. The van der Waals surface area contributed by atoms with Gasteiger partial charge in [-0.15, -0.1) is 0 Å². The van der Waals surface area contributed by atoms with E-state index in [1.807, 2.05) is 36.4 Å². The van der Waals surface area contributed by atoms with Crippen LogP contribution in [0.4, 0.5) is 17.1 Å². The molecule has 2 aliphatic heterocycles. The fourth-order valence-corrected chi connectivity index (χ4v) is 7.98. The van der Waals surface area contributed by atoms with Crippen LogP contribution in [0.1, 0.15) is 36.1 Å². The zero-order chi connectivity index (χ0) is 32.0. The fraction of sp³-hybridized carbons (Fsp3) is 0.0930. The molecule has 0 N–H and O–H groups in total. The van der Waals surface area contributed by atoms with E-state index in [0.29, 0.717) is 17.6 Å². The lowest BCUT2D eigenvalue weighted by molar-refractivity contribution is 0.630. The molecule has 228 valence electrons. The maximum absolute atomic E-state index is 5.23. The van der Waals surface area contributed by atoms with Crippen LogP contribution in [0.5, 0.6) is 0 Å². The van der Waals surface area contributed by atoms with Gasteiger partial charge >= 0.3 is 0 Å². The van der Waals surface area contributed by atoms with Crippen molar-refractivity contribution >= 4 is 38.9 Å². The molecule has 0 amide bonds. The van der Waals surface area contributed by atoms with Crippen molar-refractivity contribution in [1.82, 2.24) is 19.5 Å². The Morgan fingerprint density at radius 2 is 1.17 bits per heavy atom. The van der Waals surface area contributed by atoms with E-state index < -0.39 is 0 Å². The molecule has 0 unspecified atom stereocenters. The van der Waals surface area contributed by atoms with Crippen LogP contribution in [0.15, 0.2) is 140 Å². The third-order valence-corrected chi connectivity index (χ3v) is 10.2. The van der Waals surface area contributed by atoms with Gasteiger partial charge in [-0.05, 0) is 41.0 Å². The monoisotopic (exact) mass is 617 g/mol. The van der Waals surface area contributed by atoms with Crippen molar-refractivity contribution in [2.45, 2.75) is 25.7 Å². The van der Waals surface area contributed by atoms with Gasteiger partial charge in [-0.25, -0.2) is 4.98 Å². The Kier molecular flexibility index (Phi) is 5.62. The van der Waals surface area contributed by atoms with Gasteiger partial charge in [0.2, 0.25) is 5.95 Å².